The molecule has 2 N–H and O–H groups in total. The Morgan fingerprint density at radius 2 is 1.88 bits per heavy atom. The van der Waals surface area contributed by atoms with E-state index in [2.05, 4.69) is 26.4 Å². The van der Waals surface area contributed by atoms with Crippen molar-refractivity contribution in [3.63, 3.8) is 0 Å². The third-order valence-corrected chi connectivity index (χ3v) is 6.30. The summed E-state index contributed by atoms with van der Waals surface area (Å²) in [6, 6.07) is 13.2. The highest BCUT2D eigenvalue weighted by atomic mass is 19.3. The lowest BCUT2D eigenvalue weighted by Crippen LogP contribution is -2.50. The number of carbonyl (C=O) groups is 2. The second-order valence-corrected chi connectivity index (χ2v) is 8.74. The van der Waals surface area contributed by atoms with E-state index in [9.17, 15) is 18.4 Å². The summed E-state index contributed by atoms with van der Waals surface area (Å²) < 4.78 is 31.0. The van der Waals surface area contributed by atoms with Gasteiger partial charge in [0.25, 0.3) is 5.91 Å². The van der Waals surface area contributed by atoms with Gasteiger partial charge < -0.3 is 19.9 Å². The summed E-state index contributed by atoms with van der Waals surface area (Å²) in [5.74, 6) is 0.0432. The maximum absolute atomic E-state index is 13.3. The minimum Gasteiger partial charge on any atom is -0.435 e. The molecule has 1 aliphatic carbocycles. The van der Waals surface area contributed by atoms with Crippen molar-refractivity contribution in [2.75, 3.05) is 0 Å². The van der Waals surface area contributed by atoms with Crippen LogP contribution in [0.1, 0.15) is 52.7 Å². The first-order chi connectivity index (χ1) is 16.3. The molecule has 5 rings (SSSR count). The molecule has 1 fully saturated rings. The number of carbonyl (C=O) groups excluding carboxylic acids is 2. The van der Waals surface area contributed by atoms with Gasteiger partial charge in [-0.2, -0.15) is 8.78 Å². The lowest BCUT2D eigenvalue weighted by atomic mass is 10.0. The minimum absolute atomic E-state index is 0.0365. The zero-order chi connectivity index (χ0) is 23.9. The first kappa shape index (κ1) is 22.1. The number of hydrogen-bond acceptors (Lipinski definition) is 4. The van der Waals surface area contributed by atoms with E-state index in [4.69, 9.17) is 0 Å². The summed E-state index contributed by atoms with van der Waals surface area (Å²) in [6.45, 7) is -1.02. The Balaban J connectivity index is 1.30. The largest absolute Gasteiger partial charge is 0.435 e. The Kier molecular flexibility index (Phi) is 5.55. The number of amides is 2. The van der Waals surface area contributed by atoms with Crippen molar-refractivity contribution in [2.24, 2.45) is 0 Å². The van der Waals surface area contributed by atoms with E-state index in [1.54, 1.807) is 0 Å². The van der Waals surface area contributed by atoms with Gasteiger partial charge in [-0.15, -0.1) is 0 Å². The van der Waals surface area contributed by atoms with Crippen molar-refractivity contribution in [2.45, 2.75) is 50.8 Å². The molecule has 2 aliphatic rings. The predicted octanol–water partition coefficient (Wildman–Crippen LogP) is 3.85. The number of nitrogens with zero attached hydrogens (tertiary/aromatic N) is 2. The number of alkyl halides is 2. The second kappa shape index (κ2) is 8.55. The van der Waals surface area contributed by atoms with E-state index < -0.39 is 18.1 Å². The summed E-state index contributed by atoms with van der Waals surface area (Å²) in [7, 11) is 0. The third-order valence-electron chi connectivity index (χ3n) is 6.30. The number of nitrogens with one attached hydrogen (secondary N) is 2. The van der Waals surface area contributed by atoms with Crippen LogP contribution >= 0.6 is 0 Å². The summed E-state index contributed by atoms with van der Waals surface area (Å²) in [5.41, 5.74) is 2.38. The van der Waals surface area contributed by atoms with Crippen LogP contribution in [0, 0.1) is 6.92 Å². The van der Waals surface area contributed by atoms with Gasteiger partial charge >= 0.3 is 6.61 Å². The molecular weight excluding hydrogens is 442 g/mol. The molecule has 1 saturated carbocycles. The van der Waals surface area contributed by atoms with E-state index in [0.717, 1.165) is 23.6 Å². The van der Waals surface area contributed by atoms with Crippen LogP contribution in [0.2, 0.25) is 0 Å². The zero-order valence-electron chi connectivity index (χ0n) is 18.6. The van der Waals surface area contributed by atoms with Crippen LogP contribution < -0.4 is 15.4 Å². The highest BCUT2D eigenvalue weighted by Crippen LogP contribution is 2.38. The topological polar surface area (TPSA) is 85.3 Å². The Labute approximate surface area is 195 Å². The van der Waals surface area contributed by atoms with Gasteiger partial charge in [-0.3, -0.25) is 9.59 Å². The standard InChI is InChI=1S/C25H24F2N4O3/c1-15-14-31-20-5-3-2-4-16(20)8-11-19(21(31)28-15)29-23(33)25(12-13-25)30-22(32)17-6-9-18(10-7-17)34-24(26)27/h2-7,9-10,14,19,24H,8,11-13H2,1H3,(H,29,33)(H,30,32). The summed E-state index contributed by atoms with van der Waals surface area (Å²) in [6.07, 6.45) is 4.49. The summed E-state index contributed by atoms with van der Waals surface area (Å²) in [4.78, 5) is 30.7. The molecule has 2 heterocycles. The van der Waals surface area contributed by atoms with Crippen molar-refractivity contribution in [1.29, 1.82) is 0 Å². The fourth-order valence-corrected chi connectivity index (χ4v) is 4.39. The Morgan fingerprint density at radius 1 is 1.15 bits per heavy atom. The van der Waals surface area contributed by atoms with Crippen molar-refractivity contribution in [3.05, 3.63) is 77.4 Å². The molecule has 1 aliphatic heterocycles. The molecule has 0 saturated heterocycles. The second-order valence-electron chi connectivity index (χ2n) is 8.74. The van der Waals surface area contributed by atoms with Crippen LogP contribution in [-0.2, 0) is 11.2 Å². The fraction of sp³-hybridized carbons (Fsp3) is 0.320. The van der Waals surface area contributed by atoms with Crippen molar-refractivity contribution >= 4 is 11.8 Å². The number of imidazole rings is 1. The van der Waals surface area contributed by atoms with Gasteiger partial charge in [-0.05, 0) is 68.5 Å². The molecule has 3 aromatic rings. The molecule has 2 amide bonds. The smallest absolute Gasteiger partial charge is 0.387 e. The molecule has 34 heavy (non-hydrogen) atoms. The van der Waals surface area contributed by atoms with Gasteiger partial charge in [0.15, 0.2) is 0 Å². The lowest BCUT2D eigenvalue weighted by Gasteiger charge is -2.22. The number of aromatic nitrogens is 2. The molecule has 9 heteroatoms. The SMILES string of the molecule is Cc1cn2c(n1)C(NC(=O)C1(NC(=O)c3ccc(OC(F)F)cc3)CC1)CCc1ccccc1-2. The maximum Gasteiger partial charge on any atom is 0.387 e. The average Bonchev–Trinajstić information content (AvgIpc) is 3.52. The van der Waals surface area contributed by atoms with Crippen LogP contribution in [0.4, 0.5) is 8.78 Å². The van der Waals surface area contributed by atoms with Crippen molar-refractivity contribution < 1.29 is 23.1 Å². The molecule has 1 aromatic heterocycles. The van der Waals surface area contributed by atoms with Gasteiger partial charge in [0.1, 0.15) is 17.1 Å². The number of fused-ring (bicyclic) bond motifs is 3. The number of hydrogen-bond donors (Lipinski definition) is 2. The van der Waals surface area contributed by atoms with Gasteiger partial charge in [-0.1, -0.05) is 18.2 Å². The molecular formula is C25H24F2N4O3. The van der Waals surface area contributed by atoms with Crippen LogP contribution in [-0.4, -0.2) is 33.5 Å². The Bertz CT molecular complexity index is 1240. The van der Waals surface area contributed by atoms with E-state index in [0.29, 0.717) is 19.3 Å². The van der Waals surface area contributed by atoms with Gasteiger partial charge in [-0.25, -0.2) is 4.98 Å². The van der Waals surface area contributed by atoms with Gasteiger partial charge in [0.05, 0.1) is 11.7 Å². The number of rotatable bonds is 6. The van der Waals surface area contributed by atoms with Crippen molar-refractivity contribution in [1.82, 2.24) is 20.2 Å². The summed E-state index contributed by atoms with van der Waals surface area (Å²) in [5, 5.41) is 5.94. The quantitative estimate of drug-likeness (QED) is 0.578. The minimum atomic E-state index is -2.94. The third kappa shape index (κ3) is 4.25. The van der Waals surface area contributed by atoms with Crippen LogP contribution in [0.15, 0.2) is 54.7 Å². The number of halogens is 2. The summed E-state index contributed by atoms with van der Waals surface area (Å²) >= 11 is 0. The number of benzene rings is 2. The maximum atomic E-state index is 13.3. The van der Waals surface area contributed by atoms with E-state index in [1.807, 2.05) is 35.9 Å². The molecule has 0 radical (unpaired) electrons. The molecule has 7 nitrogen and oxygen atoms in total. The first-order valence-electron chi connectivity index (χ1n) is 11.2. The average molecular weight is 466 g/mol. The molecule has 176 valence electrons. The van der Waals surface area contributed by atoms with Crippen LogP contribution in [0.25, 0.3) is 5.69 Å². The monoisotopic (exact) mass is 466 g/mol. The molecule has 1 atom stereocenters. The first-order valence-corrected chi connectivity index (χ1v) is 11.2. The van der Waals surface area contributed by atoms with E-state index in [-0.39, 0.29) is 23.3 Å². The molecule has 0 bridgehead atoms. The Hall–Kier alpha value is -3.75. The molecule has 0 spiro atoms. The normalized spacial score (nSPS) is 17.8. The fourth-order valence-electron chi connectivity index (χ4n) is 4.39. The molecule has 2 aromatic carbocycles. The number of para-hydroxylation sites is 1. The van der Waals surface area contributed by atoms with Crippen LogP contribution in [0.5, 0.6) is 5.75 Å². The number of ether oxygens (including phenoxy) is 1. The van der Waals surface area contributed by atoms with E-state index in [1.165, 1.54) is 29.8 Å². The lowest BCUT2D eigenvalue weighted by molar-refractivity contribution is -0.124. The van der Waals surface area contributed by atoms with Gasteiger partial charge in [0.2, 0.25) is 5.91 Å². The highest BCUT2D eigenvalue weighted by molar-refractivity contribution is 6.00. The molecule has 1 unspecified atom stereocenters. The van der Waals surface area contributed by atoms with Crippen molar-refractivity contribution in [3.8, 4) is 11.4 Å². The van der Waals surface area contributed by atoms with Crippen LogP contribution in [0.3, 0.4) is 0 Å². The predicted molar refractivity (Wildman–Crippen MR) is 120 cm³/mol. The zero-order valence-corrected chi connectivity index (χ0v) is 18.6. The van der Waals surface area contributed by atoms with E-state index >= 15 is 0 Å². The number of aryl methyl sites for hydroxylation is 2. The van der Waals surface area contributed by atoms with Gasteiger partial charge in [0, 0.05) is 17.4 Å². The Morgan fingerprint density at radius 3 is 2.59 bits per heavy atom. The highest BCUT2D eigenvalue weighted by Gasteiger charge is 2.52.